The number of rotatable bonds is 5. The van der Waals surface area contributed by atoms with Gasteiger partial charge < -0.3 is 10.1 Å². The van der Waals surface area contributed by atoms with Crippen LogP contribution in [-0.2, 0) is 14.4 Å². The standard InChI is InChI=1S/C21H38N4O3/c1-13-6-7-16(9-14(13)2)11-25-12-18(15(3)23-25)22-21(26)17-10-20(28-24-17)19-5-4-8-27-19/h13-20,23-24H,4-12H2,1-3H3,(H,22,26). The van der Waals surface area contributed by atoms with E-state index in [0.717, 1.165) is 50.3 Å². The van der Waals surface area contributed by atoms with Gasteiger partial charge in [-0.1, -0.05) is 20.3 Å². The van der Waals surface area contributed by atoms with E-state index >= 15 is 0 Å². The Morgan fingerprint density at radius 1 is 1.11 bits per heavy atom. The van der Waals surface area contributed by atoms with Crippen molar-refractivity contribution in [3.8, 4) is 0 Å². The van der Waals surface area contributed by atoms with Crippen LogP contribution in [-0.4, -0.2) is 60.9 Å². The van der Waals surface area contributed by atoms with Gasteiger partial charge in [-0.05, 0) is 50.4 Å². The van der Waals surface area contributed by atoms with Gasteiger partial charge in [-0.3, -0.25) is 15.1 Å². The van der Waals surface area contributed by atoms with Crippen LogP contribution < -0.4 is 16.2 Å². The zero-order valence-corrected chi connectivity index (χ0v) is 17.7. The summed E-state index contributed by atoms with van der Waals surface area (Å²) in [4.78, 5) is 18.4. The van der Waals surface area contributed by atoms with E-state index in [2.05, 4.69) is 42.0 Å². The third-order valence-electron chi connectivity index (χ3n) is 7.45. The third kappa shape index (κ3) is 4.70. The molecule has 7 heteroatoms. The van der Waals surface area contributed by atoms with Crippen molar-refractivity contribution in [1.29, 1.82) is 0 Å². The van der Waals surface area contributed by atoms with Crippen molar-refractivity contribution in [3.05, 3.63) is 0 Å². The summed E-state index contributed by atoms with van der Waals surface area (Å²) < 4.78 is 5.70. The Kier molecular flexibility index (Phi) is 6.57. The molecule has 1 aliphatic carbocycles. The molecule has 1 amide bonds. The quantitative estimate of drug-likeness (QED) is 0.658. The number of amides is 1. The Balaban J connectivity index is 1.22. The lowest BCUT2D eigenvalue weighted by molar-refractivity contribution is -0.125. The van der Waals surface area contributed by atoms with E-state index in [0.29, 0.717) is 6.42 Å². The first-order valence-electron chi connectivity index (χ1n) is 11.3. The molecule has 8 unspecified atom stereocenters. The summed E-state index contributed by atoms with van der Waals surface area (Å²) in [5.41, 5.74) is 6.51. The molecule has 0 bridgehead atoms. The van der Waals surface area contributed by atoms with Gasteiger partial charge in [0.1, 0.15) is 12.1 Å². The summed E-state index contributed by atoms with van der Waals surface area (Å²) in [5, 5.41) is 5.57. The molecule has 3 saturated heterocycles. The highest BCUT2D eigenvalue weighted by molar-refractivity contribution is 5.82. The minimum absolute atomic E-state index is 0.00967. The van der Waals surface area contributed by atoms with Gasteiger partial charge in [0.25, 0.3) is 0 Å². The van der Waals surface area contributed by atoms with Crippen molar-refractivity contribution in [1.82, 2.24) is 21.2 Å². The van der Waals surface area contributed by atoms with E-state index < -0.39 is 0 Å². The Morgan fingerprint density at radius 2 is 1.96 bits per heavy atom. The zero-order valence-electron chi connectivity index (χ0n) is 17.7. The maximum atomic E-state index is 12.7. The number of hydroxylamine groups is 1. The number of carbonyl (C=O) groups is 1. The van der Waals surface area contributed by atoms with Gasteiger partial charge in [0.05, 0.1) is 12.1 Å². The fraction of sp³-hybridized carbons (Fsp3) is 0.952. The first-order chi connectivity index (χ1) is 13.5. The van der Waals surface area contributed by atoms with Gasteiger partial charge in [-0.25, -0.2) is 5.01 Å². The van der Waals surface area contributed by atoms with Gasteiger partial charge in [0.2, 0.25) is 5.91 Å². The molecule has 0 aromatic heterocycles. The number of nitrogens with zero attached hydrogens (tertiary/aromatic N) is 1. The van der Waals surface area contributed by atoms with E-state index in [4.69, 9.17) is 9.57 Å². The number of hydrogen-bond acceptors (Lipinski definition) is 6. The second-order valence-electron chi connectivity index (χ2n) is 9.69. The van der Waals surface area contributed by atoms with Gasteiger partial charge in [0, 0.05) is 32.2 Å². The lowest BCUT2D eigenvalue weighted by atomic mass is 9.76. The highest BCUT2D eigenvalue weighted by atomic mass is 16.7. The van der Waals surface area contributed by atoms with Crippen LogP contribution in [0.5, 0.6) is 0 Å². The molecule has 4 fully saturated rings. The maximum absolute atomic E-state index is 12.7. The van der Waals surface area contributed by atoms with Crippen molar-refractivity contribution in [3.63, 3.8) is 0 Å². The van der Waals surface area contributed by atoms with E-state index in [-0.39, 0.29) is 36.2 Å². The van der Waals surface area contributed by atoms with Crippen LogP contribution in [0.1, 0.15) is 59.3 Å². The molecule has 4 rings (SSSR count). The number of carbonyl (C=O) groups excluding carboxylic acids is 1. The van der Waals surface area contributed by atoms with Crippen LogP contribution in [0.25, 0.3) is 0 Å². The van der Waals surface area contributed by atoms with Crippen LogP contribution in [0, 0.1) is 17.8 Å². The van der Waals surface area contributed by atoms with Crippen molar-refractivity contribution in [2.24, 2.45) is 17.8 Å². The predicted octanol–water partition coefficient (Wildman–Crippen LogP) is 1.59. The van der Waals surface area contributed by atoms with Crippen LogP contribution >= 0.6 is 0 Å². The summed E-state index contributed by atoms with van der Waals surface area (Å²) in [6.45, 7) is 9.69. The largest absolute Gasteiger partial charge is 0.375 e. The lowest BCUT2D eigenvalue weighted by Crippen LogP contribution is -2.49. The highest BCUT2D eigenvalue weighted by Gasteiger charge is 2.39. The van der Waals surface area contributed by atoms with Crippen LogP contribution in [0.15, 0.2) is 0 Å². The van der Waals surface area contributed by atoms with Gasteiger partial charge >= 0.3 is 0 Å². The first kappa shape index (κ1) is 20.5. The molecule has 160 valence electrons. The van der Waals surface area contributed by atoms with Crippen LogP contribution in [0.4, 0.5) is 0 Å². The van der Waals surface area contributed by atoms with E-state index in [9.17, 15) is 4.79 Å². The van der Waals surface area contributed by atoms with Crippen molar-refractivity contribution >= 4 is 5.91 Å². The second kappa shape index (κ2) is 8.96. The average molecular weight is 395 g/mol. The highest BCUT2D eigenvalue weighted by Crippen LogP contribution is 2.34. The topological polar surface area (TPSA) is 74.9 Å². The summed E-state index contributed by atoms with van der Waals surface area (Å²) in [6.07, 6.45) is 6.90. The van der Waals surface area contributed by atoms with Crippen molar-refractivity contribution < 1.29 is 14.4 Å². The molecule has 3 heterocycles. The Hall–Kier alpha value is -0.730. The van der Waals surface area contributed by atoms with Crippen molar-refractivity contribution in [2.75, 3.05) is 19.7 Å². The average Bonchev–Trinajstić information content (AvgIpc) is 3.40. The predicted molar refractivity (Wildman–Crippen MR) is 107 cm³/mol. The molecule has 3 aliphatic heterocycles. The number of ether oxygens (including phenoxy) is 1. The molecule has 8 atom stereocenters. The van der Waals surface area contributed by atoms with E-state index in [1.807, 2.05) is 0 Å². The summed E-state index contributed by atoms with van der Waals surface area (Å²) in [7, 11) is 0. The normalized spacial score (nSPS) is 44.8. The number of hydrazine groups is 1. The Bertz CT molecular complexity index is 542. The molecule has 0 radical (unpaired) electrons. The van der Waals surface area contributed by atoms with Crippen LogP contribution in [0.3, 0.4) is 0 Å². The van der Waals surface area contributed by atoms with Crippen molar-refractivity contribution in [2.45, 2.75) is 89.6 Å². The monoisotopic (exact) mass is 394 g/mol. The smallest absolute Gasteiger partial charge is 0.239 e. The molecule has 28 heavy (non-hydrogen) atoms. The number of hydrogen-bond donors (Lipinski definition) is 3. The molecule has 0 spiro atoms. The first-order valence-corrected chi connectivity index (χ1v) is 11.3. The molecule has 3 N–H and O–H groups in total. The summed E-state index contributed by atoms with van der Waals surface area (Å²) in [5.74, 6) is 2.48. The maximum Gasteiger partial charge on any atom is 0.239 e. The summed E-state index contributed by atoms with van der Waals surface area (Å²) in [6, 6.07) is 0.104. The lowest BCUT2D eigenvalue weighted by Gasteiger charge is -2.34. The molecule has 7 nitrogen and oxygen atoms in total. The minimum Gasteiger partial charge on any atom is -0.375 e. The summed E-state index contributed by atoms with van der Waals surface area (Å²) >= 11 is 0. The Morgan fingerprint density at radius 3 is 2.71 bits per heavy atom. The molecular formula is C21H38N4O3. The molecule has 1 saturated carbocycles. The number of nitrogens with one attached hydrogen (secondary N) is 3. The van der Waals surface area contributed by atoms with Gasteiger partial charge in [0.15, 0.2) is 0 Å². The van der Waals surface area contributed by atoms with Crippen LogP contribution in [0.2, 0.25) is 0 Å². The zero-order chi connectivity index (χ0) is 19.7. The molecular weight excluding hydrogens is 356 g/mol. The molecule has 4 aliphatic rings. The molecule has 0 aromatic rings. The van der Waals surface area contributed by atoms with Gasteiger partial charge in [-0.2, -0.15) is 5.48 Å². The van der Waals surface area contributed by atoms with Gasteiger partial charge in [-0.15, -0.1) is 0 Å². The van der Waals surface area contributed by atoms with E-state index in [1.54, 1.807) is 0 Å². The third-order valence-corrected chi connectivity index (χ3v) is 7.45. The fourth-order valence-corrected chi connectivity index (χ4v) is 5.33. The fourth-order valence-electron chi connectivity index (χ4n) is 5.33. The molecule has 0 aromatic carbocycles. The second-order valence-corrected chi connectivity index (χ2v) is 9.69. The minimum atomic E-state index is -0.281. The Labute approximate surface area is 169 Å². The van der Waals surface area contributed by atoms with E-state index in [1.165, 1.54) is 19.3 Å². The SMILES string of the molecule is CC1CCC(CN2CC(NC(=O)C3CC(C4CCCO4)ON3)C(C)N2)CC1C.